The van der Waals surface area contributed by atoms with E-state index in [1.54, 1.807) is 0 Å². The van der Waals surface area contributed by atoms with Crippen molar-refractivity contribution in [2.24, 2.45) is 17.3 Å². The lowest BCUT2D eigenvalue weighted by Gasteiger charge is -2.56. The lowest BCUT2D eigenvalue weighted by atomic mass is 9.52. The summed E-state index contributed by atoms with van der Waals surface area (Å²) in [6, 6.07) is 0. The van der Waals surface area contributed by atoms with Gasteiger partial charge in [-0.15, -0.1) is 0 Å². The van der Waals surface area contributed by atoms with E-state index in [1.807, 2.05) is 0 Å². The van der Waals surface area contributed by atoms with E-state index in [0.717, 1.165) is 11.8 Å². The molecule has 2 bridgehead atoms. The van der Waals surface area contributed by atoms with Crippen molar-refractivity contribution in [2.45, 2.75) is 96.7 Å². The summed E-state index contributed by atoms with van der Waals surface area (Å²) >= 11 is 0. The van der Waals surface area contributed by atoms with E-state index in [0.29, 0.717) is 5.41 Å². The van der Waals surface area contributed by atoms with Gasteiger partial charge in [-0.1, -0.05) is 33.1 Å². The fourth-order valence-corrected chi connectivity index (χ4v) is 5.64. The largest absolute Gasteiger partial charge is 0.368 e. The molecule has 110 valence electrons. The summed E-state index contributed by atoms with van der Waals surface area (Å²) in [5.41, 5.74) is 0.796. The molecule has 0 aromatic heterocycles. The molecule has 3 rings (SSSR count). The molecule has 1 saturated heterocycles. The van der Waals surface area contributed by atoms with E-state index in [2.05, 4.69) is 27.7 Å². The third-order valence-corrected chi connectivity index (χ3v) is 6.89. The highest BCUT2D eigenvalue weighted by Gasteiger charge is 2.65. The zero-order valence-corrected chi connectivity index (χ0v) is 13.4. The first-order valence-electron chi connectivity index (χ1n) is 8.64. The summed E-state index contributed by atoms with van der Waals surface area (Å²) in [4.78, 5) is 0. The van der Waals surface area contributed by atoms with Crippen molar-refractivity contribution in [2.75, 3.05) is 0 Å². The summed E-state index contributed by atoms with van der Waals surface area (Å²) in [6.45, 7) is 9.58. The lowest BCUT2D eigenvalue weighted by Crippen LogP contribution is -2.56. The Balaban J connectivity index is 1.94. The average Bonchev–Trinajstić information content (AvgIpc) is 2.57. The first-order chi connectivity index (χ1) is 8.94. The first kappa shape index (κ1) is 13.9. The predicted molar refractivity (Wildman–Crippen MR) is 80.2 cm³/mol. The first-order valence-corrected chi connectivity index (χ1v) is 8.64. The minimum atomic E-state index is 0.125. The molecule has 0 radical (unpaired) electrons. The van der Waals surface area contributed by atoms with Gasteiger partial charge in [0.15, 0.2) is 0 Å². The Bertz CT molecular complexity index is 348. The standard InChI is InChI=1S/C18H32O/c1-5-6-11-17(4)12-7-8-14-9-10-15-13-18(14,17)19-16(15,2)3/h14-15H,5-13H2,1-4H3. The number of rotatable bonds is 3. The van der Waals surface area contributed by atoms with Gasteiger partial charge in [-0.25, -0.2) is 0 Å². The van der Waals surface area contributed by atoms with E-state index in [-0.39, 0.29) is 11.2 Å². The van der Waals surface area contributed by atoms with E-state index in [9.17, 15) is 0 Å². The van der Waals surface area contributed by atoms with Crippen LogP contribution in [0.15, 0.2) is 0 Å². The molecule has 0 N–H and O–H groups in total. The topological polar surface area (TPSA) is 9.23 Å². The smallest absolute Gasteiger partial charge is 0.0774 e. The number of fused-ring (bicyclic) bond motifs is 1. The molecule has 0 amide bonds. The number of hydrogen-bond acceptors (Lipinski definition) is 1. The van der Waals surface area contributed by atoms with Crippen LogP contribution in [0.4, 0.5) is 0 Å². The van der Waals surface area contributed by atoms with Crippen LogP contribution in [0.3, 0.4) is 0 Å². The average molecular weight is 264 g/mol. The minimum Gasteiger partial charge on any atom is -0.368 e. The summed E-state index contributed by atoms with van der Waals surface area (Å²) < 4.78 is 6.88. The van der Waals surface area contributed by atoms with Crippen LogP contribution in [-0.2, 0) is 4.74 Å². The molecule has 1 nitrogen and oxygen atoms in total. The van der Waals surface area contributed by atoms with Crippen molar-refractivity contribution in [1.82, 2.24) is 0 Å². The summed E-state index contributed by atoms with van der Waals surface area (Å²) in [5.74, 6) is 1.66. The normalized spacial score (nSPS) is 48.0. The molecule has 2 aliphatic carbocycles. The van der Waals surface area contributed by atoms with Crippen LogP contribution < -0.4 is 0 Å². The molecule has 3 fully saturated rings. The van der Waals surface area contributed by atoms with Gasteiger partial charge in [-0.05, 0) is 69.6 Å². The molecule has 1 aliphatic heterocycles. The Hall–Kier alpha value is -0.0400. The molecule has 4 atom stereocenters. The van der Waals surface area contributed by atoms with Crippen LogP contribution in [0, 0.1) is 17.3 Å². The zero-order chi connectivity index (χ0) is 13.7. The van der Waals surface area contributed by atoms with Gasteiger partial charge in [-0.3, -0.25) is 0 Å². The molecule has 19 heavy (non-hydrogen) atoms. The van der Waals surface area contributed by atoms with Crippen molar-refractivity contribution in [1.29, 1.82) is 0 Å². The van der Waals surface area contributed by atoms with Crippen LogP contribution >= 0.6 is 0 Å². The van der Waals surface area contributed by atoms with Gasteiger partial charge < -0.3 is 4.74 Å². The molecular weight excluding hydrogens is 232 g/mol. The fraction of sp³-hybridized carbons (Fsp3) is 1.00. The third kappa shape index (κ3) is 1.91. The van der Waals surface area contributed by atoms with Gasteiger partial charge in [0.2, 0.25) is 0 Å². The molecule has 1 heterocycles. The third-order valence-electron chi connectivity index (χ3n) is 6.89. The molecular formula is C18H32O. The summed E-state index contributed by atoms with van der Waals surface area (Å²) in [7, 11) is 0. The Labute approximate surface area is 119 Å². The second-order valence-electron chi connectivity index (χ2n) is 8.33. The van der Waals surface area contributed by atoms with Crippen molar-refractivity contribution in [3.05, 3.63) is 0 Å². The second-order valence-corrected chi connectivity index (χ2v) is 8.33. The zero-order valence-electron chi connectivity index (χ0n) is 13.4. The minimum absolute atomic E-state index is 0.125. The van der Waals surface area contributed by atoms with Gasteiger partial charge in [0.25, 0.3) is 0 Å². The van der Waals surface area contributed by atoms with Gasteiger partial charge in [0, 0.05) is 0 Å². The van der Waals surface area contributed by atoms with Gasteiger partial charge in [0.05, 0.1) is 11.2 Å². The quantitative estimate of drug-likeness (QED) is 0.669. The van der Waals surface area contributed by atoms with Crippen molar-refractivity contribution in [3.63, 3.8) is 0 Å². The highest BCUT2D eigenvalue weighted by molar-refractivity contribution is 5.14. The molecule has 1 heteroatoms. The number of ether oxygens (including phenoxy) is 1. The number of hydrogen-bond donors (Lipinski definition) is 0. The maximum absolute atomic E-state index is 6.88. The van der Waals surface area contributed by atoms with E-state index in [4.69, 9.17) is 4.74 Å². The predicted octanol–water partition coefficient (Wildman–Crippen LogP) is 5.33. The molecule has 0 aromatic carbocycles. The maximum Gasteiger partial charge on any atom is 0.0774 e. The molecule has 1 spiro atoms. The Morgan fingerprint density at radius 2 is 1.79 bits per heavy atom. The monoisotopic (exact) mass is 264 g/mol. The highest BCUT2D eigenvalue weighted by atomic mass is 16.5. The van der Waals surface area contributed by atoms with E-state index >= 15 is 0 Å². The van der Waals surface area contributed by atoms with Crippen LogP contribution in [0.2, 0.25) is 0 Å². The summed E-state index contributed by atoms with van der Waals surface area (Å²) in [6.07, 6.45) is 12.5. The van der Waals surface area contributed by atoms with Crippen molar-refractivity contribution >= 4 is 0 Å². The fourth-order valence-electron chi connectivity index (χ4n) is 5.64. The van der Waals surface area contributed by atoms with Crippen LogP contribution in [-0.4, -0.2) is 11.2 Å². The van der Waals surface area contributed by atoms with E-state index in [1.165, 1.54) is 57.8 Å². The van der Waals surface area contributed by atoms with Gasteiger partial charge >= 0.3 is 0 Å². The SMILES string of the molecule is CCCCC1(C)CCCC2CCC3CC21OC3(C)C. The second kappa shape index (κ2) is 4.48. The summed E-state index contributed by atoms with van der Waals surface area (Å²) in [5, 5.41) is 0. The van der Waals surface area contributed by atoms with Crippen LogP contribution in [0.1, 0.15) is 85.5 Å². The molecule has 0 aromatic rings. The lowest BCUT2D eigenvalue weighted by molar-refractivity contribution is -0.199. The number of unbranched alkanes of at least 4 members (excludes halogenated alkanes) is 1. The Morgan fingerprint density at radius 3 is 2.53 bits per heavy atom. The van der Waals surface area contributed by atoms with Crippen LogP contribution in [0.25, 0.3) is 0 Å². The highest BCUT2D eigenvalue weighted by Crippen LogP contribution is 2.65. The van der Waals surface area contributed by atoms with Crippen molar-refractivity contribution < 1.29 is 4.74 Å². The van der Waals surface area contributed by atoms with E-state index < -0.39 is 0 Å². The maximum atomic E-state index is 6.88. The van der Waals surface area contributed by atoms with Crippen molar-refractivity contribution in [3.8, 4) is 0 Å². The van der Waals surface area contributed by atoms with Gasteiger partial charge in [0.1, 0.15) is 0 Å². The molecule has 3 aliphatic rings. The van der Waals surface area contributed by atoms with Crippen LogP contribution in [0.5, 0.6) is 0 Å². The molecule has 2 saturated carbocycles. The Morgan fingerprint density at radius 1 is 1.05 bits per heavy atom. The molecule has 4 unspecified atom stereocenters. The Kier molecular flexibility index (Phi) is 3.28. The van der Waals surface area contributed by atoms with Gasteiger partial charge in [-0.2, -0.15) is 0 Å².